The molecule has 0 radical (unpaired) electrons. The van der Waals surface area contributed by atoms with E-state index in [1.165, 1.54) is 158 Å². The summed E-state index contributed by atoms with van der Waals surface area (Å²) < 4.78 is 37.2. The Morgan fingerprint density at radius 2 is 1.15 bits per heavy atom. The molecular weight excluding hydrogens is 788 g/mol. The van der Waals surface area contributed by atoms with Crippen molar-refractivity contribution < 1.29 is 23.3 Å². The molecule has 2 fully saturated rings. The van der Waals surface area contributed by atoms with Crippen LogP contribution in [0, 0.1) is 6.57 Å². The Labute approximate surface area is 372 Å². The Hall–Kier alpha value is -1.64. The van der Waals surface area contributed by atoms with Crippen molar-refractivity contribution in [2.75, 3.05) is 19.8 Å². The van der Waals surface area contributed by atoms with Crippen LogP contribution in [-0.4, -0.2) is 70.2 Å². The highest BCUT2D eigenvalue weighted by atomic mass is 31.2. The van der Waals surface area contributed by atoms with E-state index >= 15 is 0 Å². The van der Waals surface area contributed by atoms with Crippen LogP contribution in [-0.2, 0) is 23.3 Å². The number of hydrogen-bond donors (Lipinski definition) is 1. The molecule has 3 heterocycles. The van der Waals surface area contributed by atoms with Gasteiger partial charge in [-0.05, 0) is 40.5 Å². The third kappa shape index (κ3) is 20.4. The van der Waals surface area contributed by atoms with E-state index in [4.69, 9.17) is 29.8 Å². The van der Waals surface area contributed by atoms with E-state index in [1.807, 2.05) is 0 Å². The van der Waals surface area contributed by atoms with Crippen molar-refractivity contribution in [3.63, 3.8) is 0 Å². The second kappa shape index (κ2) is 32.1. The zero-order valence-corrected chi connectivity index (χ0v) is 40.6. The highest BCUT2D eigenvalue weighted by molar-refractivity contribution is 7.44. The van der Waals surface area contributed by atoms with Crippen molar-refractivity contribution >= 4 is 8.53 Å². The molecule has 12 heteroatoms. The zero-order chi connectivity index (χ0) is 44.1. The molecule has 2 unspecified atom stereocenters. The molecule has 0 aromatic carbocycles. The van der Waals surface area contributed by atoms with E-state index in [9.17, 15) is 9.59 Å². The maximum atomic E-state index is 13.2. The van der Waals surface area contributed by atoms with Crippen LogP contribution in [0.2, 0.25) is 0 Å². The van der Waals surface area contributed by atoms with Crippen LogP contribution in [0.5, 0.6) is 0 Å². The summed E-state index contributed by atoms with van der Waals surface area (Å²) in [6.45, 7) is 21.0. The lowest BCUT2D eigenvalue weighted by Crippen LogP contribution is -2.38. The molecule has 0 saturated carbocycles. The Bertz CT molecular complexity index is 1380. The molecule has 1 aromatic rings. The summed E-state index contributed by atoms with van der Waals surface area (Å²) in [5, 5.41) is 0. The molecule has 2 aliphatic rings. The van der Waals surface area contributed by atoms with Crippen molar-refractivity contribution in [2.45, 2.75) is 264 Å². The number of unbranched alkanes of at least 4 members (excludes halogenated alkanes) is 24. The van der Waals surface area contributed by atoms with Crippen LogP contribution in [0.25, 0.3) is 4.85 Å². The van der Waals surface area contributed by atoms with Gasteiger partial charge in [0.1, 0.15) is 24.9 Å². The SMILES string of the molecule is [C-]#[N+]CCOP(OC[C@H]1O[C@@H](n2ccc(=O)[nH]c2=O)[C@H]2OC(CCCCCCCCCCCCCCC)(CCCCCCCCCCCCCCC)OC12)N(C(C)C)C(C)C. The first-order valence-electron chi connectivity index (χ1n) is 25.2. The first kappa shape index (κ1) is 53.7. The second-order valence-corrected chi connectivity index (χ2v) is 19.9. The number of rotatable bonds is 38. The van der Waals surface area contributed by atoms with Crippen LogP contribution >= 0.6 is 8.53 Å². The van der Waals surface area contributed by atoms with Gasteiger partial charge in [0.2, 0.25) is 6.54 Å². The van der Waals surface area contributed by atoms with Crippen molar-refractivity contribution in [1.82, 2.24) is 14.2 Å². The zero-order valence-electron chi connectivity index (χ0n) is 39.7. The summed E-state index contributed by atoms with van der Waals surface area (Å²) in [5.74, 6) is -0.782. The smallest absolute Gasteiger partial charge is 0.330 e. The molecule has 0 aliphatic carbocycles. The number of aromatic nitrogens is 2. The molecule has 0 bridgehead atoms. The number of nitrogens with one attached hydrogen (secondary N) is 1. The Morgan fingerprint density at radius 1 is 0.705 bits per heavy atom. The van der Waals surface area contributed by atoms with Gasteiger partial charge in [-0.3, -0.25) is 14.3 Å². The van der Waals surface area contributed by atoms with Gasteiger partial charge in [0.15, 0.2) is 12.0 Å². The lowest BCUT2D eigenvalue weighted by molar-refractivity contribution is -0.227. The van der Waals surface area contributed by atoms with E-state index in [-0.39, 0.29) is 31.8 Å². The Morgan fingerprint density at radius 3 is 1.57 bits per heavy atom. The van der Waals surface area contributed by atoms with Crippen molar-refractivity contribution in [3.05, 3.63) is 44.5 Å². The van der Waals surface area contributed by atoms with Crippen LogP contribution in [0.4, 0.5) is 0 Å². The third-order valence-electron chi connectivity index (χ3n) is 12.4. The maximum Gasteiger partial charge on any atom is 0.330 e. The van der Waals surface area contributed by atoms with Crippen molar-refractivity contribution in [2.24, 2.45) is 0 Å². The van der Waals surface area contributed by atoms with Gasteiger partial charge in [0.05, 0.1) is 6.61 Å². The number of H-pyrrole nitrogens is 1. The van der Waals surface area contributed by atoms with Gasteiger partial charge < -0.3 is 28.1 Å². The highest BCUT2D eigenvalue weighted by Crippen LogP contribution is 2.50. The van der Waals surface area contributed by atoms with Gasteiger partial charge in [0, 0.05) is 37.2 Å². The number of hydrogen-bond acceptors (Lipinski definition) is 8. The van der Waals surface area contributed by atoms with Gasteiger partial charge in [-0.2, -0.15) is 0 Å². The van der Waals surface area contributed by atoms with E-state index in [2.05, 4.69) is 56.0 Å². The van der Waals surface area contributed by atoms with Crippen LogP contribution < -0.4 is 11.2 Å². The van der Waals surface area contributed by atoms with Crippen LogP contribution in [0.3, 0.4) is 0 Å². The summed E-state index contributed by atoms with van der Waals surface area (Å²) in [6, 6.07) is 1.66. The minimum absolute atomic E-state index is 0.156. The van der Waals surface area contributed by atoms with E-state index in [1.54, 1.807) is 0 Å². The number of aromatic amines is 1. The fourth-order valence-electron chi connectivity index (χ4n) is 9.12. The number of ether oxygens (including phenoxy) is 3. The quantitative estimate of drug-likeness (QED) is 0.0397. The van der Waals surface area contributed by atoms with Gasteiger partial charge in [0.25, 0.3) is 14.1 Å². The molecule has 0 spiro atoms. The average Bonchev–Trinajstić information content (AvgIpc) is 3.76. The van der Waals surface area contributed by atoms with E-state index in [0.29, 0.717) is 0 Å². The predicted octanol–water partition coefficient (Wildman–Crippen LogP) is 13.2. The standard InChI is InChI=1S/C49H89N4O7P/c1-8-10-12-14-16-18-20-22-24-26-28-30-32-35-49(36-33-31-29-27-25-23-21-19-17-15-13-11-9-2)59-45-43(40-57-61(56-39-37-50-7)53(41(3)4)42(5)6)58-47(46(45)60-49)52-38-34-44(54)51-48(52)55/h34,38,41-43,45-47H,8-33,35-37,39-40H2,1-6H3,(H,51,54,55)/t43-,45?,46+,47-,61?/m1/s1. The molecular formula is C49H89N4O7P. The summed E-state index contributed by atoms with van der Waals surface area (Å²) >= 11 is 0. The van der Waals surface area contributed by atoms with Crippen LogP contribution in [0.1, 0.15) is 228 Å². The normalized spacial score (nSPS) is 20.3. The number of fused-ring (bicyclic) bond motifs is 1. The van der Waals surface area contributed by atoms with E-state index in [0.717, 1.165) is 38.5 Å². The number of nitrogens with zero attached hydrogens (tertiary/aromatic N) is 3. The monoisotopic (exact) mass is 877 g/mol. The van der Waals surface area contributed by atoms with Crippen molar-refractivity contribution in [1.29, 1.82) is 0 Å². The molecule has 0 amide bonds. The first-order valence-corrected chi connectivity index (χ1v) is 26.3. The Kier molecular flexibility index (Phi) is 28.2. The Balaban J connectivity index is 1.67. The average molecular weight is 877 g/mol. The summed E-state index contributed by atoms with van der Waals surface area (Å²) in [5.41, 5.74) is -0.995. The molecule has 352 valence electrons. The minimum Gasteiger partial charge on any atom is -0.346 e. The molecule has 61 heavy (non-hydrogen) atoms. The van der Waals surface area contributed by atoms with Crippen molar-refractivity contribution in [3.8, 4) is 0 Å². The van der Waals surface area contributed by atoms with Gasteiger partial charge in [-0.25, -0.2) is 16.0 Å². The highest BCUT2D eigenvalue weighted by Gasteiger charge is 2.58. The molecule has 1 aromatic heterocycles. The van der Waals surface area contributed by atoms with E-state index < -0.39 is 50.1 Å². The summed E-state index contributed by atoms with van der Waals surface area (Å²) in [7, 11) is -1.50. The molecule has 11 nitrogen and oxygen atoms in total. The molecule has 2 aliphatic heterocycles. The first-order chi connectivity index (χ1) is 29.7. The topological polar surface area (TPSA) is 109 Å². The fraction of sp³-hybridized carbons (Fsp3) is 0.898. The van der Waals surface area contributed by atoms with Crippen LogP contribution in [0.15, 0.2) is 21.9 Å². The summed E-state index contributed by atoms with van der Waals surface area (Å²) in [6.07, 6.45) is 34.4. The maximum absolute atomic E-state index is 13.2. The second-order valence-electron chi connectivity index (χ2n) is 18.5. The molecule has 3 rings (SSSR count). The third-order valence-corrected chi connectivity index (χ3v) is 14.5. The lowest BCUT2D eigenvalue weighted by Gasteiger charge is -2.36. The lowest BCUT2D eigenvalue weighted by atomic mass is 9.98. The predicted molar refractivity (Wildman–Crippen MR) is 251 cm³/mol. The fourth-order valence-corrected chi connectivity index (χ4v) is 10.7. The summed E-state index contributed by atoms with van der Waals surface area (Å²) in [4.78, 5) is 31.2. The van der Waals surface area contributed by atoms with Gasteiger partial charge in [-0.1, -0.05) is 168 Å². The van der Waals surface area contributed by atoms with Gasteiger partial charge >= 0.3 is 5.69 Å². The van der Waals surface area contributed by atoms with Gasteiger partial charge in [-0.15, -0.1) is 0 Å². The largest absolute Gasteiger partial charge is 0.346 e. The molecule has 1 N–H and O–H groups in total. The molecule has 2 saturated heterocycles. The minimum atomic E-state index is -1.50. The molecule has 5 atom stereocenters.